The second kappa shape index (κ2) is 20.3. The number of allylic oxidation sites excluding steroid dienone is 1. The molecule has 15 heteroatoms. The van der Waals surface area contributed by atoms with Crippen molar-refractivity contribution in [1.29, 1.82) is 0 Å². The van der Waals surface area contributed by atoms with Gasteiger partial charge in [-0.25, -0.2) is 0 Å². The van der Waals surface area contributed by atoms with Crippen molar-refractivity contribution in [2.45, 2.75) is 212 Å². The topological polar surface area (TPSA) is 192 Å². The van der Waals surface area contributed by atoms with Gasteiger partial charge in [0, 0.05) is 74.3 Å². The number of hydrogen-bond donors (Lipinski definition) is 3. The third kappa shape index (κ3) is 10.4. The first-order valence-electron chi connectivity index (χ1n) is 23.2. The van der Waals surface area contributed by atoms with Gasteiger partial charge in [0.25, 0.3) is 0 Å². The van der Waals surface area contributed by atoms with Gasteiger partial charge in [-0.15, -0.1) is 0 Å². The van der Waals surface area contributed by atoms with Crippen molar-refractivity contribution in [3.63, 3.8) is 0 Å². The molecule has 6 rings (SSSR count). The van der Waals surface area contributed by atoms with Crippen LogP contribution in [0.1, 0.15) is 134 Å². The zero-order valence-electron chi connectivity index (χ0n) is 39.8. The fourth-order valence-corrected chi connectivity index (χ4v) is 11.8. The minimum absolute atomic E-state index is 0. The van der Waals surface area contributed by atoms with Crippen molar-refractivity contribution in [1.82, 2.24) is 0 Å². The molecule has 350 valence electrons. The van der Waals surface area contributed by atoms with Crippen LogP contribution in [0.4, 0.5) is 0 Å². The first kappa shape index (κ1) is 52.4. The summed E-state index contributed by atoms with van der Waals surface area (Å²) in [5.74, 6) is -7.48. The molecule has 0 amide bonds. The van der Waals surface area contributed by atoms with E-state index in [0.717, 1.165) is 6.42 Å². The number of aliphatic hydroxyl groups is 3. The largest absolute Gasteiger partial charge is 1.00 e. The Labute approximate surface area is 392 Å². The van der Waals surface area contributed by atoms with E-state index in [2.05, 4.69) is 20.8 Å². The van der Waals surface area contributed by atoms with Gasteiger partial charge in [-0.1, -0.05) is 61.5 Å². The van der Waals surface area contributed by atoms with Crippen molar-refractivity contribution < 1.29 is 97.5 Å². The predicted molar refractivity (Wildman–Crippen MR) is 221 cm³/mol. The Hall–Kier alpha value is -0.560. The first-order valence-corrected chi connectivity index (χ1v) is 23.2. The minimum atomic E-state index is -1.67. The molecule has 6 aliphatic heterocycles. The Kier molecular flexibility index (Phi) is 17.2. The Morgan fingerprint density at radius 3 is 2.24 bits per heavy atom. The molecule has 21 atom stereocenters. The molecule has 0 aromatic rings. The number of carboxylic acid groups (broad SMARTS) is 1. The van der Waals surface area contributed by atoms with Crippen LogP contribution in [-0.4, -0.2) is 119 Å². The van der Waals surface area contributed by atoms with Crippen LogP contribution in [0, 0.1) is 47.3 Å². The van der Waals surface area contributed by atoms with E-state index in [1.165, 1.54) is 0 Å². The van der Waals surface area contributed by atoms with Gasteiger partial charge in [0.15, 0.2) is 29.4 Å². The smallest absolute Gasteiger partial charge is 0.550 e. The number of aliphatic carboxylic acids is 1. The monoisotopic (exact) mass is 889 g/mol. The molecular weight excluding hydrogens is 811 g/mol. The van der Waals surface area contributed by atoms with E-state index in [1.54, 1.807) is 27.9 Å². The molecule has 0 bridgehead atoms. The van der Waals surface area contributed by atoms with Gasteiger partial charge in [-0.05, 0) is 70.3 Å². The van der Waals surface area contributed by atoms with Crippen LogP contribution in [0.15, 0.2) is 11.6 Å². The number of ether oxygens (including phenoxy) is 8. The van der Waals surface area contributed by atoms with Crippen LogP contribution in [0.3, 0.4) is 0 Å². The number of carbonyl (C=O) groups excluding carboxylic acids is 2. The SMILES string of the molecule is CO[C@H]1CCC(O[C@H]2C[C@H]([C@]3(C)CC[C@]4(C[C@H](O)[C@@H](C)[C@@H]([C@@H](C)C=C(C)C(=O)[C@H](C)C[C@H](C)C(=O)[O-])O4)O3)O[C@]3(O[C@@H]([C@H]4O[C@@](O)(CO)[C@H](C)C[C@@H]4C)C[C@@H]3C)[C@@H]2C)O[C@@H]1C.[Na+]. The molecule has 6 heterocycles. The normalized spacial score (nSPS) is 47.8. The maximum atomic E-state index is 13.3. The van der Waals surface area contributed by atoms with Crippen LogP contribution >= 0.6 is 0 Å². The number of carboxylic acids is 1. The standard InChI is InChI=1S/C47H78O14.Na/c1-24(40(50)25(2)18-28(5)43(51)52)17-26(3)41-31(8)34(49)22-45(59-41)16-15-44(11,61-45)38-21-36(56-39-14-13-35(54-12)33(10)55-39)32(9)47(58-38)30(7)20-37(57-47)42-27(4)19-29(6)46(53,23-48)60-42;/h17,25-39,41-42,48-49,53H,13-16,18-23H2,1-12H3,(H,51,52);/q;+1/p-1/t25-,26+,27+,28+,29-,30+,31-,32-,33-,34+,35+,36+,37-,38-,39?,41-,42+,44+,45-,46+,47+;/m1./s1. The third-order valence-electron chi connectivity index (χ3n) is 15.8. The summed E-state index contributed by atoms with van der Waals surface area (Å²) in [5.41, 5.74) is -0.352. The predicted octanol–water partition coefficient (Wildman–Crippen LogP) is 1.82. The second-order valence-corrected chi connectivity index (χ2v) is 20.6. The summed E-state index contributed by atoms with van der Waals surface area (Å²) in [7, 11) is 1.70. The molecule has 14 nitrogen and oxygen atoms in total. The van der Waals surface area contributed by atoms with Gasteiger partial charge >= 0.3 is 29.6 Å². The van der Waals surface area contributed by atoms with Gasteiger partial charge < -0.3 is 63.1 Å². The Morgan fingerprint density at radius 2 is 1.61 bits per heavy atom. The molecule has 62 heavy (non-hydrogen) atoms. The Morgan fingerprint density at radius 1 is 0.919 bits per heavy atom. The average Bonchev–Trinajstić information content (AvgIpc) is 3.71. The maximum Gasteiger partial charge on any atom is 1.00 e. The van der Waals surface area contributed by atoms with E-state index in [1.807, 2.05) is 40.7 Å². The van der Waals surface area contributed by atoms with Crippen LogP contribution < -0.4 is 34.7 Å². The summed E-state index contributed by atoms with van der Waals surface area (Å²) in [6.45, 7) is 20.7. The molecule has 0 radical (unpaired) electrons. The fourth-order valence-electron chi connectivity index (χ4n) is 11.8. The molecule has 0 saturated carbocycles. The first-order chi connectivity index (χ1) is 28.5. The van der Waals surface area contributed by atoms with Gasteiger partial charge in [-0.3, -0.25) is 4.79 Å². The van der Waals surface area contributed by atoms with Crippen molar-refractivity contribution in [3.05, 3.63) is 11.6 Å². The van der Waals surface area contributed by atoms with E-state index in [4.69, 9.17) is 37.9 Å². The zero-order valence-corrected chi connectivity index (χ0v) is 41.8. The Balaban J connectivity index is 0.00000726. The average molecular weight is 889 g/mol. The molecule has 3 N–H and O–H groups in total. The van der Waals surface area contributed by atoms with Gasteiger partial charge in [0.1, 0.15) is 0 Å². The molecule has 6 fully saturated rings. The second-order valence-electron chi connectivity index (χ2n) is 20.6. The van der Waals surface area contributed by atoms with E-state index >= 15 is 0 Å². The summed E-state index contributed by atoms with van der Waals surface area (Å²) >= 11 is 0. The van der Waals surface area contributed by atoms with Crippen molar-refractivity contribution >= 4 is 11.8 Å². The quantitative estimate of drug-likeness (QED) is 0.179. The third-order valence-corrected chi connectivity index (χ3v) is 15.8. The van der Waals surface area contributed by atoms with Crippen molar-refractivity contribution in [2.24, 2.45) is 47.3 Å². The number of methoxy groups -OCH3 is 1. The summed E-state index contributed by atoms with van der Waals surface area (Å²) in [6.07, 6.45) is 3.10. The van der Waals surface area contributed by atoms with Gasteiger partial charge in [-0.2, -0.15) is 0 Å². The summed E-state index contributed by atoms with van der Waals surface area (Å²) in [5, 5.41) is 44.4. The van der Waals surface area contributed by atoms with Crippen molar-refractivity contribution in [2.75, 3.05) is 13.7 Å². The maximum absolute atomic E-state index is 13.3. The minimum Gasteiger partial charge on any atom is -0.550 e. The molecule has 0 aromatic heterocycles. The van der Waals surface area contributed by atoms with Gasteiger partial charge in [0.05, 0.1) is 61.0 Å². The molecule has 0 aromatic carbocycles. The molecule has 2 spiro atoms. The van der Waals surface area contributed by atoms with Crippen LogP contribution in [-0.2, 0) is 47.5 Å². The molecular formula is C47H77NaO14. The summed E-state index contributed by atoms with van der Waals surface area (Å²) in [6, 6.07) is 0. The number of rotatable bonds is 13. The van der Waals surface area contributed by atoms with Crippen LogP contribution in [0.2, 0.25) is 0 Å². The zero-order chi connectivity index (χ0) is 45.0. The molecule has 6 aliphatic rings. The number of hydrogen-bond acceptors (Lipinski definition) is 14. The molecule has 6 saturated heterocycles. The molecule has 1 unspecified atom stereocenters. The number of aliphatic hydroxyl groups excluding tert-OH is 2. The summed E-state index contributed by atoms with van der Waals surface area (Å²) in [4.78, 5) is 24.7. The number of ketones is 1. The van der Waals surface area contributed by atoms with Crippen molar-refractivity contribution in [3.8, 4) is 0 Å². The Bertz CT molecular complexity index is 1580. The molecule has 0 aliphatic carbocycles. The number of carbonyl (C=O) groups is 2. The number of Topliss-reactive ketones (excluding diaryl/α,β-unsaturated/α-hetero) is 1. The van der Waals surface area contributed by atoms with Crippen LogP contribution in [0.25, 0.3) is 0 Å². The van der Waals surface area contributed by atoms with E-state index < -0.39 is 84.2 Å². The van der Waals surface area contributed by atoms with Gasteiger partial charge in [0.2, 0.25) is 0 Å². The van der Waals surface area contributed by atoms with Crippen LogP contribution in [0.5, 0.6) is 0 Å². The summed E-state index contributed by atoms with van der Waals surface area (Å²) < 4.78 is 53.9. The fraction of sp³-hybridized carbons (Fsp3) is 0.915. The van der Waals surface area contributed by atoms with E-state index in [0.29, 0.717) is 44.1 Å². The van der Waals surface area contributed by atoms with E-state index in [-0.39, 0.29) is 102 Å². The van der Waals surface area contributed by atoms with E-state index in [9.17, 15) is 30.0 Å².